The molecule has 0 radical (unpaired) electrons. The zero-order valence-electron chi connectivity index (χ0n) is 15.2. The summed E-state index contributed by atoms with van der Waals surface area (Å²) in [4.78, 5) is 11.1. The van der Waals surface area contributed by atoms with Gasteiger partial charge in [0.1, 0.15) is 0 Å². The number of benzene rings is 1. The van der Waals surface area contributed by atoms with Crippen molar-refractivity contribution in [1.29, 1.82) is 0 Å². The molecule has 1 rings (SSSR count). The minimum absolute atomic E-state index is 0.0187. The van der Waals surface area contributed by atoms with Crippen LogP contribution in [0.4, 0.5) is 0 Å². The minimum atomic E-state index is -0.131. The minimum Gasteiger partial charge on any atom is -0.469 e. The maximum atomic E-state index is 11.1. The first-order chi connectivity index (χ1) is 11.1. The molecular weight excluding hydrogens is 286 g/mol. The number of carbonyl (C=O) groups is 1. The number of methoxy groups -OCH3 is 1. The molecule has 0 aliphatic carbocycles. The molecule has 1 aromatic rings. The Morgan fingerprint density at radius 3 is 2.22 bits per heavy atom. The van der Waals surface area contributed by atoms with Gasteiger partial charge in [0.15, 0.2) is 0 Å². The number of hydrogen-bond acceptors (Lipinski definition) is 3. The third-order valence-corrected chi connectivity index (χ3v) is 2.88. The molecule has 0 aliphatic heterocycles. The molecule has 0 fully saturated rings. The summed E-state index contributed by atoms with van der Waals surface area (Å²) in [5, 5.41) is 3.18. The van der Waals surface area contributed by atoms with Crippen LogP contribution in [0.1, 0.15) is 32.3 Å². The second-order valence-corrected chi connectivity index (χ2v) is 4.97. The van der Waals surface area contributed by atoms with Gasteiger partial charge in [-0.15, -0.1) is 13.2 Å². The Morgan fingerprint density at radius 1 is 1.30 bits per heavy atom. The molecule has 1 unspecified atom stereocenters. The number of hydrogen-bond donors (Lipinski definition) is 1. The van der Waals surface area contributed by atoms with Gasteiger partial charge in [0.05, 0.1) is 13.0 Å². The second-order valence-electron chi connectivity index (χ2n) is 4.97. The summed E-state index contributed by atoms with van der Waals surface area (Å²) in [6, 6.07) is 10.3. The fourth-order valence-corrected chi connectivity index (χ4v) is 1.58. The first-order valence-corrected chi connectivity index (χ1v) is 8.05. The van der Waals surface area contributed by atoms with Crippen molar-refractivity contribution < 1.29 is 9.53 Å². The van der Waals surface area contributed by atoms with Gasteiger partial charge in [-0.1, -0.05) is 55.0 Å². The van der Waals surface area contributed by atoms with Crippen molar-refractivity contribution in [1.82, 2.24) is 5.32 Å². The van der Waals surface area contributed by atoms with E-state index >= 15 is 0 Å². The van der Waals surface area contributed by atoms with Crippen LogP contribution < -0.4 is 5.32 Å². The Balaban J connectivity index is 0. The normalized spacial score (nSPS) is 10.1. The van der Waals surface area contributed by atoms with Gasteiger partial charge in [0, 0.05) is 6.54 Å². The Kier molecular flexibility index (Phi) is 18.5. The molecule has 0 spiro atoms. The SMILES string of the molecule is C=CC.C=CCCNCC(CC)C(=O)OC.Cc1ccccc1. The molecule has 0 bridgehead atoms. The first-order valence-electron chi connectivity index (χ1n) is 8.05. The van der Waals surface area contributed by atoms with Crippen molar-refractivity contribution in [2.75, 3.05) is 20.2 Å². The lowest BCUT2D eigenvalue weighted by Crippen LogP contribution is -2.29. The molecule has 1 aromatic carbocycles. The molecule has 3 heteroatoms. The molecule has 0 aliphatic rings. The third kappa shape index (κ3) is 16.3. The molecule has 130 valence electrons. The topological polar surface area (TPSA) is 38.3 Å². The Morgan fingerprint density at radius 2 is 1.87 bits per heavy atom. The summed E-state index contributed by atoms with van der Waals surface area (Å²) >= 11 is 0. The zero-order chi connectivity index (χ0) is 17.9. The molecule has 0 heterocycles. The van der Waals surface area contributed by atoms with Crippen LogP contribution in [0.5, 0.6) is 0 Å². The van der Waals surface area contributed by atoms with E-state index in [0.29, 0.717) is 6.54 Å². The molecule has 1 atom stereocenters. The number of allylic oxidation sites excluding steroid dienone is 1. The number of ether oxygens (including phenoxy) is 1. The molecular formula is C20H33NO2. The van der Waals surface area contributed by atoms with E-state index in [1.165, 1.54) is 12.7 Å². The third-order valence-electron chi connectivity index (χ3n) is 2.88. The molecule has 23 heavy (non-hydrogen) atoms. The first kappa shape index (κ1) is 23.4. The maximum Gasteiger partial charge on any atom is 0.309 e. The fourth-order valence-electron chi connectivity index (χ4n) is 1.58. The highest BCUT2D eigenvalue weighted by Gasteiger charge is 2.15. The average molecular weight is 319 g/mol. The maximum absolute atomic E-state index is 11.1. The summed E-state index contributed by atoms with van der Waals surface area (Å²) < 4.78 is 4.66. The van der Waals surface area contributed by atoms with Gasteiger partial charge >= 0.3 is 5.97 Å². The lowest BCUT2D eigenvalue weighted by atomic mass is 10.1. The lowest BCUT2D eigenvalue weighted by Gasteiger charge is -2.12. The van der Waals surface area contributed by atoms with Crippen LogP contribution in [0.3, 0.4) is 0 Å². The molecule has 3 nitrogen and oxygen atoms in total. The monoisotopic (exact) mass is 319 g/mol. The van der Waals surface area contributed by atoms with E-state index in [-0.39, 0.29) is 11.9 Å². The van der Waals surface area contributed by atoms with Crippen LogP contribution in [-0.2, 0) is 9.53 Å². The fraction of sp³-hybridized carbons (Fsp3) is 0.450. The van der Waals surface area contributed by atoms with E-state index < -0.39 is 0 Å². The number of rotatable bonds is 7. The molecule has 0 saturated carbocycles. The lowest BCUT2D eigenvalue weighted by molar-refractivity contribution is -0.145. The van der Waals surface area contributed by atoms with E-state index in [2.05, 4.69) is 42.3 Å². The number of esters is 1. The van der Waals surface area contributed by atoms with Gasteiger partial charge in [-0.25, -0.2) is 0 Å². The van der Waals surface area contributed by atoms with Crippen molar-refractivity contribution >= 4 is 5.97 Å². The van der Waals surface area contributed by atoms with E-state index in [9.17, 15) is 4.79 Å². The van der Waals surface area contributed by atoms with E-state index in [1.807, 2.05) is 38.1 Å². The highest BCUT2D eigenvalue weighted by molar-refractivity contribution is 5.72. The molecule has 0 saturated heterocycles. The van der Waals surface area contributed by atoms with Gasteiger partial charge in [0.2, 0.25) is 0 Å². The van der Waals surface area contributed by atoms with Gasteiger partial charge in [-0.3, -0.25) is 4.79 Å². The molecule has 0 amide bonds. The van der Waals surface area contributed by atoms with Crippen molar-refractivity contribution in [3.05, 3.63) is 61.2 Å². The Labute approximate surface area is 142 Å². The Bertz CT molecular complexity index is 401. The molecule has 0 aromatic heterocycles. The average Bonchev–Trinajstić information content (AvgIpc) is 2.56. The second kappa shape index (κ2) is 18.2. The van der Waals surface area contributed by atoms with Crippen molar-refractivity contribution in [3.8, 4) is 0 Å². The van der Waals surface area contributed by atoms with E-state index in [1.54, 1.807) is 6.08 Å². The van der Waals surface area contributed by atoms with Crippen molar-refractivity contribution in [3.63, 3.8) is 0 Å². The predicted molar refractivity (Wildman–Crippen MR) is 101 cm³/mol. The summed E-state index contributed by atoms with van der Waals surface area (Å²) in [5.74, 6) is -0.150. The summed E-state index contributed by atoms with van der Waals surface area (Å²) in [7, 11) is 1.43. The Hall–Kier alpha value is -1.87. The van der Waals surface area contributed by atoms with Gasteiger partial charge in [-0.2, -0.15) is 0 Å². The number of nitrogens with one attached hydrogen (secondary N) is 1. The van der Waals surface area contributed by atoms with Crippen LogP contribution in [0.2, 0.25) is 0 Å². The van der Waals surface area contributed by atoms with E-state index in [4.69, 9.17) is 0 Å². The van der Waals surface area contributed by atoms with Gasteiger partial charge in [0.25, 0.3) is 0 Å². The van der Waals surface area contributed by atoms with Gasteiger partial charge in [-0.05, 0) is 33.2 Å². The smallest absolute Gasteiger partial charge is 0.309 e. The van der Waals surface area contributed by atoms with Crippen molar-refractivity contribution in [2.45, 2.75) is 33.6 Å². The largest absolute Gasteiger partial charge is 0.469 e. The quantitative estimate of drug-likeness (QED) is 0.455. The zero-order valence-corrected chi connectivity index (χ0v) is 15.2. The standard InChI is InChI=1S/C10H19NO2.C7H8.C3H6/c1-4-6-7-11-8-9(5-2)10(12)13-3;1-7-5-3-2-4-6-7;1-3-2/h4,9,11H,1,5-8H2,2-3H3;2-6H,1H3;3H,1H2,2H3. The molecule has 1 N–H and O–H groups in total. The predicted octanol–water partition coefficient (Wildman–Crippen LogP) is 4.54. The van der Waals surface area contributed by atoms with Crippen molar-refractivity contribution in [2.24, 2.45) is 5.92 Å². The summed E-state index contributed by atoms with van der Waals surface area (Å²) in [5.41, 5.74) is 1.32. The van der Waals surface area contributed by atoms with Crippen LogP contribution in [-0.4, -0.2) is 26.2 Å². The number of carbonyl (C=O) groups excluding carboxylic acids is 1. The summed E-state index contributed by atoms with van der Waals surface area (Å²) in [6.45, 7) is 14.5. The highest BCUT2D eigenvalue weighted by Crippen LogP contribution is 2.02. The summed E-state index contributed by atoms with van der Waals surface area (Å²) in [6.07, 6.45) is 5.34. The number of aryl methyl sites for hydroxylation is 1. The van der Waals surface area contributed by atoms with E-state index in [0.717, 1.165) is 19.4 Å². The van der Waals surface area contributed by atoms with Crippen LogP contribution in [0, 0.1) is 12.8 Å². The highest BCUT2D eigenvalue weighted by atomic mass is 16.5. The van der Waals surface area contributed by atoms with Crippen LogP contribution in [0.15, 0.2) is 55.6 Å². The van der Waals surface area contributed by atoms with Crippen LogP contribution in [0.25, 0.3) is 0 Å². The van der Waals surface area contributed by atoms with Gasteiger partial charge < -0.3 is 10.1 Å². The van der Waals surface area contributed by atoms with Crippen LogP contribution >= 0.6 is 0 Å².